The van der Waals surface area contributed by atoms with E-state index in [2.05, 4.69) is 27.9 Å². The molecule has 0 radical (unpaired) electrons. The maximum atomic E-state index is 13.1. The minimum absolute atomic E-state index is 0.0581. The largest absolute Gasteiger partial charge is 0.356 e. The van der Waals surface area contributed by atoms with Crippen LogP contribution in [0.3, 0.4) is 0 Å². The fourth-order valence-electron chi connectivity index (χ4n) is 3.82. The number of nitrogens with one attached hydrogen (secondary N) is 1. The van der Waals surface area contributed by atoms with Crippen LogP contribution < -0.4 is 5.32 Å². The van der Waals surface area contributed by atoms with Gasteiger partial charge in [0.2, 0.25) is 15.9 Å². The van der Waals surface area contributed by atoms with Crippen LogP contribution in [0.5, 0.6) is 0 Å². The third-order valence-corrected chi connectivity index (χ3v) is 8.27. The molecule has 0 bridgehead atoms. The van der Waals surface area contributed by atoms with Crippen molar-refractivity contribution in [2.75, 3.05) is 19.6 Å². The van der Waals surface area contributed by atoms with Crippen molar-refractivity contribution in [1.82, 2.24) is 18.4 Å². The highest BCUT2D eigenvalue weighted by Crippen LogP contribution is 2.28. The molecule has 1 aliphatic rings. The van der Waals surface area contributed by atoms with Crippen LogP contribution >= 0.6 is 11.7 Å². The predicted octanol–water partition coefficient (Wildman–Crippen LogP) is 3.42. The van der Waals surface area contributed by atoms with E-state index in [1.54, 1.807) is 18.2 Å². The number of hydrogen-bond donors (Lipinski definition) is 1. The van der Waals surface area contributed by atoms with E-state index in [-0.39, 0.29) is 16.7 Å². The molecule has 1 aromatic heterocycles. The molecule has 1 N–H and O–H groups in total. The summed E-state index contributed by atoms with van der Waals surface area (Å²) in [4.78, 5) is 12.8. The Morgan fingerprint density at radius 1 is 1.28 bits per heavy atom. The van der Waals surface area contributed by atoms with Gasteiger partial charge in [0.15, 0.2) is 0 Å². The Balaban J connectivity index is 1.57. The van der Waals surface area contributed by atoms with Crippen molar-refractivity contribution in [3.63, 3.8) is 0 Å². The highest BCUT2D eigenvalue weighted by molar-refractivity contribution is 7.89. The lowest BCUT2D eigenvalue weighted by atomic mass is 9.95. The van der Waals surface area contributed by atoms with Gasteiger partial charge in [0.05, 0.1) is 11.7 Å². The number of nitrogens with zero attached hydrogens (tertiary/aromatic N) is 3. The Morgan fingerprint density at radius 3 is 2.72 bits per heavy atom. The number of unbranched alkanes of at least 4 members (excludes halogenated alkanes) is 1. The molecule has 0 spiro atoms. The van der Waals surface area contributed by atoms with E-state index in [0.29, 0.717) is 49.4 Å². The van der Waals surface area contributed by atoms with Gasteiger partial charge in [0.1, 0.15) is 15.9 Å². The number of hydrogen-bond acceptors (Lipinski definition) is 6. The normalized spacial score (nSPS) is 17.4. The third-order valence-electron chi connectivity index (χ3n) is 5.80. The number of carbonyl (C=O) groups excluding carboxylic acids is 1. The molecule has 1 fully saturated rings. The van der Waals surface area contributed by atoms with Crippen LogP contribution in [0, 0.1) is 11.8 Å². The summed E-state index contributed by atoms with van der Waals surface area (Å²) in [5.74, 6) is 0.455. The standard InChI is InChI=1S/C20H30N4O3S2/c1-3-5-7-15(4-2)14-21-20(25)16-10-12-24(13-11-16)29(26,27)18-9-6-8-17-19(18)23-28-22-17/h6,8-9,15-16H,3-5,7,10-14H2,1-2H3,(H,21,25)/t15-/m1/s1. The summed E-state index contributed by atoms with van der Waals surface area (Å²) >= 11 is 1.01. The fraction of sp³-hybridized carbons (Fsp3) is 0.650. The molecule has 2 heterocycles. The van der Waals surface area contributed by atoms with Gasteiger partial charge in [-0.1, -0.05) is 39.2 Å². The summed E-state index contributed by atoms with van der Waals surface area (Å²) in [5, 5.41) is 3.09. The molecule has 0 unspecified atom stereocenters. The predicted molar refractivity (Wildman–Crippen MR) is 115 cm³/mol. The van der Waals surface area contributed by atoms with Crippen LogP contribution in [0.15, 0.2) is 23.1 Å². The molecule has 160 valence electrons. The molecule has 1 saturated heterocycles. The summed E-state index contributed by atoms with van der Waals surface area (Å²) in [5.41, 5.74) is 1.02. The monoisotopic (exact) mass is 438 g/mol. The number of benzene rings is 1. The zero-order valence-electron chi connectivity index (χ0n) is 17.1. The second-order valence-corrected chi connectivity index (χ2v) is 10.2. The van der Waals surface area contributed by atoms with Gasteiger partial charge in [-0.2, -0.15) is 13.1 Å². The summed E-state index contributed by atoms with van der Waals surface area (Å²) in [6, 6.07) is 5.04. The van der Waals surface area contributed by atoms with Gasteiger partial charge in [-0.25, -0.2) is 8.42 Å². The topological polar surface area (TPSA) is 92.3 Å². The second-order valence-electron chi connectivity index (χ2n) is 7.73. The molecule has 3 rings (SSSR count). The molecule has 1 amide bonds. The van der Waals surface area contributed by atoms with E-state index in [1.807, 2.05) is 0 Å². The van der Waals surface area contributed by atoms with E-state index in [9.17, 15) is 13.2 Å². The maximum absolute atomic E-state index is 13.1. The van der Waals surface area contributed by atoms with Gasteiger partial charge < -0.3 is 5.32 Å². The molecule has 9 heteroatoms. The summed E-state index contributed by atoms with van der Waals surface area (Å²) in [7, 11) is -3.64. The van der Waals surface area contributed by atoms with E-state index in [0.717, 1.165) is 24.6 Å². The zero-order chi connectivity index (χ0) is 20.9. The first-order valence-electron chi connectivity index (χ1n) is 10.5. The van der Waals surface area contributed by atoms with Gasteiger partial charge in [-0.05, 0) is 37.3 Å². The van der Waals surface area contributed by atoms with Gasteiger partial charge in [-0.15, -0.1) is 0 Å². The van der Waals surface area contributed by atoms with Crippen LogP contribution in [-0.2, 0) is 14.8 Å². The third kappa shape index (κ3) is 5.13. The first-order valence-corrected chi connectivity index (χ1v) is 12.6. The number of aromatic nitrogens is 2. The minimum atomic E-state index is -3.64. The fourth-order valence-corrected chi connectivity index (χ4v) is 6.04. The zero-order valence-corrected chi connectivity index (χ0v) is 18.8. The second kappa shape index (κ2) is 9.95. The number of piperidine rings is 1. The van der Waals surface area contributed by atoms with Gasteiger partial charge in [0.25, 0.3) is 0 Å². The smallest absolute Gasteiger partial charge is 0.245 e. The van der Waals surface area contributed by atoms with Crippen LogP contribution in [0.1, 0.15) is 52.4 Å². The van der Waals surface area contributed by atoms with Crippen molar-refractivity contribution in [1.29, 1.82) is 0 Å². The van der Waals surface area contributed by atoms with Crippen LogP contribution in [0.4, 0.5) is 0 Å². The van der Waals surface area contributed by atoms with Crippen molar-refractivity contribution >= 4 is 38.7 Å². The van der Waals surface area contributed by atoms with Gasteiger partial charge in [0, 0.05) is 25.6 Å². The number of carbonyl (C=O) groups is 1. The first-order chi connectivity index (χ1) is 14.0. The molecule has 1 aromatic carbocycles. The van der Waals surface area contributed by atoms with Crippen molar-refractivity contribution < 1.29 is 13.2 Å². The van der Waals surface area contributed by atoms with Gasteiger partial charge >= 0.3 is 0 Å². The maximum Gasteiger partial charge on any atom is 0.245 e. The Labute approximate surface area is 177 Å². The van der Waals surface area contributed by atoms with E-state index in [4.69, 9.17) is 0 Å². The molecule has 0 aliphatic carbocycles. The van der Waals surface area contributed by atoms with Crippen LogP contribution in [-0.4, -0.2) is 47.0 Å². The van der Waals surface area contributed by atoms with E-state index in [1.165, 1.54) is 17.1 Å². The number of sulfonamides is 1. The quantitative estimate of drug-likeness (QED) is 0.648. The summed E-state index contributed by atoms with van der Waals surface area (Å²) < 4.78 is 35.9. The SMILES string of the molecule is CCCC[C@@H](CC)CNC(=O)C1CCN(S(=O)(=O)c2cccc3nsnc23)CC1. The number of amides is 1. The van der Waals surface area contributed by atoms with Gasteiger partial charge in [-0.3, -0.25) is 4.79 Å². The molecule has 2 aromatic rings. The Bertz CT molecular complexity index is 921. The van der Waals surface area contributed by atoms with Crippen molar-refractivity contribution in [3.8, 4) is 0 Å². The Hall–Kier alpha value is -1.58. The lowest BCUT2D eigenvalue weighted by Crippen LogP contribution is -2.43. The van der Waals surface area contributed by atoms with Crippen molar-refractivity contribution in [3.05, 3.63) is 18.2 Å². The van der Waals surface area contributed by atoms with Crippen LogP contribution in [0.25, 0.3) is 11.0 Å². The molecular formula is C20H30N4O3S2. The number of rotatable bonds is 9. The molecule has 29 heavy (non-hydrogen) atoms. The summed E-state index contributed by atoms with van der Waals surface area (Å²) in [6.07, 6.45) is 5.65. The Kier molecular flexibility index (Phi) is 7.59. The van der Waals surface area contributed by atoms with Crippen molar-refractivity contribution in [2.24, 2.45) is 11.8 Å². The van der Waals surface area contributed by atoms with E-state index < -0.39 is 10.0 Å². The summed E-state index contributed by atoms with van der Waals surface area (Å²) in [6.45, 7) is 5.75. The Morgan fingerprint density at radius 2 is 2.03 bits per heavy atom. The lowest BCUT2D eigenvalue weighted by molar-refractivity contribution is -0.126. The minimum Gasteiger partial charge on any atom is -0.356 e. The molecule has 1 aliphatic heterocycles. The van der Waals surface area contributed by atoms with E-state index >= 15 is 0 Å². The average Bonchev–Trinajstić information content (AvgIpc) is 3.22. The van der Waals surface area contributed by atoms with Crippen molar-refractivity contribution in [2.45, 2.75) is 57.3 Å². The molecule has 7 nitrogen and oxygen atoms in total. The van der Waals surface area contributed by atoms with Crippen LogP contribution in [0.2, 0.25) is 0 Å². The first kappa shape index (κ1) is 22.1. The molecular weight excluding hydrogens is 408 g/mol. The lowest BCUT2D eigenvalue weighted by Gasteiger charge is -2.31. The molecule has 0 saturated carbocycles. The average molecular weight is 439 g/mol. The molecule has 1 atom stereocenters. The highest BCUT2D eigenvalue weighted by atomic mass is 32.2. The highest BCUT2D eigenvalue weighted by Gasteiger charge is 2.33. The number of fused-ring (bicyclic) bond motifs is 1.